The minimum absolute atomic E-state index is 0.0616. The van der Waals surface area contributed by atoms with E-state index in [1.165, 1.54) is 15.6 Å². The molecule has 2 amide bonds. The fourth-order valence-corrected chi connectivity index (χ4v) is 7.61. The first-order valence-corrected chi connectivity index (χ1v) is 14.3. The molecule has 1 aliphatic heterocycles. The number of amides is 2. The van der Waals surface area contributed by atoms with Crippen molar-refractivity contribution in [2.24, 2.45) is 0 Å². The van der Waals surface area contributed by atoms with E-state index in [9.17, 15) is 18.0 Å². The Kier molecular flexibility index (Phi) is 8.19. The molecule has 1 aliphatic rings. The number of hydrogen-bond donors (Lipinski definition) is 2. The van der Waals surface area contributed by atoms with Gasteiger partial charge in [-0.3, -0.25) is 9.59 Å². The largest absolute Gasteiger partial charge is 0.491 e. The Morgan fingerprint density at radius 1 is 1.03 bits per heavy atom. The van der Waals surface area contributed by atoms with Crippen LogP contribution < -0.4 is 15.4 Å². The van der Waals surface area contributed by atoms with Crippen molar-refractivity contribution in [2.75, 3.05) is 32.8 Å². The molecule has 0 aliphatic carbocycles. The van der Waals surface area contributed by atoms with Crippen LogP contribution in [-0.4, -0.2) is 57.3 Å². The molecule has 0 saturated carbocycles. The zero-order valence-electron chi connectivity index (χ0n) is 20.1. The maximum atomic E-state index is 13.7. The van der Waals surface area contributed by atoms with Crippen molar-refractivity contribution in [1.29, 1.82) is 0 Å². The third-order valence-corrected chi connectivity index (χ3v) is 9.95. The van der Waals surface area contributed by atoms with E-state index in [1.807, 2.05) is 19.1 Å². The summed E-state index contributed by atoms with van der Waals surface area (Å²) in [5.74, 6) is -0.124. The Morgan fingerprint density at radius 3 is 2.64 bits per heavy atom. The summed E-state index contributed by atoms with van der Waals surface area (Å²) in [6.45, 7) is 4.44. The molecule has 4 rings (SSSR count). The topological polar surface area (TPSA) is 105 Å². The second kappa shape index (κ2) is 11.2. The Labute approximate surface area is 219 Å². The summed E-state index contributed by atoms with van der Waals surface area (Å²) in [5, 5.41) is 6.94. The fourth-order valence-electron chi connectivity index (χ4n) is 4.08. The predicted molar refractivity (Wildman–Crippen MR) is 142 cm³/mol. The number of rotatable bonds is 2. The second-order valence-electron chi connectivity index (χ2n) is 8.62. The van der Waals surface area contributed by atoms with Crippen molar-refractivity contribution in [1.82, 2.24) is 14.9 Å². The number of carbonyl (C=O) groups excluding carboxylic acids is 2. The molecule has 0 saturated heterocycles. The molecule has 3 aromatic rings. The summed E-state index contributed by atoms with van der Waals surface area (Å²) >= 11 is 7.33. The predicted octanol–water partition coefficient (Wildman–Crippen LogP) is 3.88. The van der Waals surface area contributed by atoms with Gasteiger partial charge in [0.25, 0.3) is 15.9 Å². The first-order chi connectivity index (χ1) is 17.2. The number of benzene rings is 2. The second-order valence-corrected chi connectivity index (χ2v) is 12.2. The van der Waals surface area contributed by atoms with E-state index in [0.29, 0.717) is 28.3 Å². The van der Waals surface area contributed by atoms with Crippen LogP contribution in [0.25, 0.3) is 10.1 Å². The van der Waals surface area contributed by atoms with E-state index < -0.39 is 10.0 Å². The first-order valence-electron chi connectivity index (χ1n) is 11.6. The normalized spacial score (nSPS) is 16.9. The van der Waals surface area contributed by atoms with Crippen molar-refractivity contribution < 1.29 is 22.7 Å². The van der Waals surface area contributed by atoms with Gasteiger partial charge in [-0.05, 0) is 61.5 Å². The Balaban J connectivity index is 1.62. The zero-order chi connectivity index (χ0) is 25.9. The molecule has 1 aromatic heterocycles. The van der Waals surface area contributed by atoms with Crippen LogP contribution >= 0.6 is 22.9 Å². The lowest BCUT2D eigenvalue weighted by molar-refractivity contribution is -0.121. The molecular weight excluding hydrogens is 522 g/mol. The number of ether oxygens (including phenoxy) is 1. The average Bonchev–Trinajstić information content (AvgIpc) is 3.17. The number of fused-ring (bicyclic) bond motifs is 2. The molecule has 11 heteroatoms. The van der Waals surface area contributed by atoms with Crippen molar-refractivity contribution in [3.63, 3.8) is 0 Å². The van der Waals surface area contributed by atoms with Gasteiger partial charge in [-0.25, -0.2) is 8.42 Å². The van der Waals surface area contributed by atoms with E-state index >= 15 is 0 Å². The highest BCUT2D eigenvalue weighted by atomic mass is 35.5. The smallest absolute Gasteiger partial charge is 0.255 e. The lowest BCUT2D eigenvalue weighted by Gasteiger charge is -2.22. The summed E-state index contributed by atoms with van der Waals surface area (Å²) in [6.07, 6.45) is 0.518. The lowest BCUT2D eigenvalue weighted by atomic mass is 10.1. The number of nitrogens with zero attached hydrogens (tertiary/aromatic N) is 1. The van der Waals surface area contributed by atoms with Crippen LogP contribution in [0, 0.1) is 13.8 Å². The molecule has 0 bridgehead atoms. The van der Waals surface area contributed by atoms with Crippen LogP contribution in [0.1, 0.15) is 34.3 Å². The standard InChI is InChI=1S/C25H28ClN3O5S2/c1-16-5-7-21-20(14-16)24(31)28-9-12-29(11-3-4-23(30)27-10-13-34-21)36(32,33)25-17(2)19-15-18(26)6-8-22(19)35-25/h5-8,14-15H,3-4,9-13H2,1-2H3,(H,27,30)(H,28,31). The van der Waals surface area contributed by atoms with Crippen LogP contribution in [0.4, 0.5) is 0 Å². The summed E-state index contributed by atoms with van der Waals surface area (Å²) in [4.78, 5) is 25.2. The van der Waals surface area contributed by atoms with E-state index in [-0.39, 0.29) is 55.2 Å². The molecule has 0 unspecified atom stereocenters. The van der Waals surface area contributed by atoms with Gasteiger partial charge in [0.05, 0.1) is 12.1 Å². The molecule has 2 aromatic carbocycles. The molecule has 2 N–H and O–H groups in total. The number of sulfonamides is 1. The molecule has 8 nitrogen and oxygen atoms in total. The zero-order valence-corrected chi connectivity index (χ0v) is 22.5. The van der Waals surface area contributed by atoms with Crippen LogP contribution in [0.3, 0.4) is 0 Å². The van der Waals surface area contributed by atoms with E-state index in [1.54, 1.807) is 31.2 Å². The molecule has 0 atom stereocenters. The number of thiophene rings is 1. The number of hydrogen-bond acceptors (Lipinski definition) is 6. The minimum atomic E-state index is -3.88. The molecule has 36 heavy (non-hydrogen) atoms. The average molecular weight is 550 g/mol. The maximum absolute atomic E-state index is 13.7. The Morgan fingerprint density at radius 2 is 1.83 bits per heavy atom. The van der Waals surface area contributed by atoms with Gasteiger partial charge in [-0.15, -0.1) is 11.3 Å². The highest BCUT2D eigenvalue weighted by Gasteiger charge is 2.29. The highest BCUT2D eigenvalue weighted by molar-refractivity contribution is 7.91. The van der Waals surface area contributed by atoms with Gasteiger partial charge in [0.2, 0.25) is 5.91 Å². The summed E-state index contributed by atoms with van der Waals surface area (Å²) in [7, 11) is -3.88. The Bertz CT molecular complexity index is 1400. The highest BCUT2D eigenvalue weighted by Crippen LogP contribution is 2.37. The number of carbonyl (C=O) groups is 2. The van der Waals surface area contributed by atoms with E-state index in [4.69, 9.17) is 16.3 Å². The SMILES string of the molecule is Cc1ccc2c(c1)C(=O)NCCN(S(=O)(=O)c1sc3ccc(Cl)cc3c1C)CCCC(=O)NCCO2. The first kappa shape index (κ1) is 26.4. The van der Waals surface area contributed by atoms with Crippen LogP contribution in [-0.2, 0) is 14.8 Å². The molecule has 0 fully saturated rings. The van der Waals surface area contributed by atoms with Crippen LogP contribution in [0.15, 0.2) is 40.6 Å². The van der Waals surface area contributed by atoms with E-state index in [2.05, 4.69) is 10.6 Å². The van der Waals surface area contributed by atoms with Crippen LogP contribution in [0.5, 0.6) is 5.75 Å². The van der Waals surface area contributed by atoms with Gasteiger partial charge < -0.3 is 15.4 Å². The van der Waals surface area contributed by atoms with Gasteiger partial charge in [0, 0.05) is 35.8 Å². The van der Waals surface area contributed by atoms with Gasteiger partial charge in [-0.1, -0.05) is 23.2 Å². The monoisotopic (exact) mass is 549 g/mol. The maximum Gasteiger partial charge on any atom is 0.255 e. The van der Waals surface area contributed by atoms with E-state index in [0.717, 1.165) is 15.6 Å². The number of aryl methyl sites for hydroxylation is 2. The number of halogens is 1. The molecule has 2 heterocycles. The summed E-state index contributed by atoms with van der Waals surface area (Å²) in [5.41, 5.74) is 1.89. The van der Waals surface area contributed by atoms with Crippen LogP contribution in [0.2, 0.25) is 5.02 Å². The minimum Gasteiger partial charge on any atom is -0.491 e. The molecule has 192 valence electrons. The van der Waals surface area contributed by atoms with Gasteiger partial charge in [0.15, 0.2) is 0 Å². The Hall–Kier alpha value is -2.66. The van der Waals surface area contributed by atoms with Crippen molar-refractivity contribution in [3.8, 4) is 5.75 Å². The van der Waals surface area contributed by atoms with Gasteiger partial charge in [0.1, 0.15) is 16.6 Å². The fraction of sp³-hybridized carbons (Fsp3) is 0.360. The molecule has 0 spiro atoms. The number of nitrogens with one attached hydrogen (secondary N) is 2. The van der Waals surface area contributed by atoms with Crippen molar-refractivity contribution in [2.45, 2.75) is 30.9 Å². The van der Waals surface area contributed by atoms with Crippen molar-refractivity contribution >= 4 is 54.9 Å². The van der Waals surface area contributed by atoms with Gasteiger partial charge in [-0.2, -0.15) is 4.31 Å². The summed E-state index contributed by atoms with van der Waals surface area (Å²) < 4.78 is 35.6. The molecular formula is C25H28ClN3O5S2. The quantitative estimate of drug-likeness (QED) is 0.505. The summed E-state index contributed by atoms with van der Waals surface area (Å²) in [6, 6.07) is 10.6. The molecule has 0 radical (unpaired) electrons. The van der Waals surface area contributed by atoms with Gasteiger partial charge >= 0.3 is 0 Å². The third kappa shape index (κ3) is 5.83. The third-order valence-electron chi connectivity index (χ3n) is 5.95. The van der Waals surface area contributed by atoms with Crippen molar-refractivity contribution in [3.05, 3.63) is 58.1 Å². The lowest BCUT2D eigenvalue weighted by Crippen LogP contribution is -2.39.